The summed E-state index contributed by atoms with van der Waals surface area (Å²) in [6.45, 7) is 3.56. The number of nitrogens with one attached hydrogen (secondary N) is 1. The van der Waals surface area contributed by atoms with Gasteiger partial charge >= 0.3 is 0 Å². The van der Waals surface area contributed by atoms with Crippen LogP contribution in [-0.2, 0) is 4.79 Å². The SMILES string of the molecule is C[C@H](Nc1ncnc(N)n1)c1cc2cccc(Cl)c2nc1N1CCN(C)C(=O)C1. The number of anilines is 3. The van der Waals surface area contributed by atoms with Crippen LogP contribution in [0.2, 0.25) is 5.02 Å². The van der Waals surface area contributed by atoms with Crippen LogP contribution in [0.4, 0.5) is 17.7 Å². The molecule has 0 radical (unpaired) electrons. The Balaban J connectivity index is 1.77. The molecule has 2 aromatic heterocycles. The lowest BCUT2D eigenvalue weighted by Gasteiger charge is -2.34. The molecule has 4 rings (SSSR count). The molecule has 0 spiro atoms. The number of para-hydroxylation sites is 1. The third-order valence-corrected chi connectivity index (χ3v) is 5.27. The van der Waals surface area contributed by atoms with Crippen molar-refractivity contribution in [1.29, 1.82) is 0 Å². The number of aromatic nitrogens is 4. The molecule has 1 saturated heterocycles. The number of carbonyl (C=O) groups excluding carboxylic acids is 1. The van der Waals surface area contributed by atoms with E-state index < -0.39 is 0 Å². The van der Waals surface area contributed by atoms with Crippen molar-refractivity contribution >= 4 is 46.1 Å². The fourth-order valence-corrected chi connectivity index (χ4v) is 3.55. The number of nitrogens with two attached hydrogens (primary N) is 1. The van der Waals surface area contributed by atoms with Gasteiger partial charge in [-0.15, -0.1) is 0 Å². The molecule has 3 N–H and O–H groups in total. The predicted octanol–water partition coefficient (Wildman–Crippen LogP) is 2.11. The molecule has 1 atom stereocenters. The molecule has 3 aromatic rings. The van der Waals surface area contributed by atoms with Crippen LogP contribution >= 0.6 is 11.6 Å². The second kappa shape index (κ2) is 7.67. The number of amides is 1. The highest BCUT2D eigenvalue weighted by Crippen LogP contribution is 2.33. The van der Waals surface area contributed by atoms with Crippen molar-refractivity contribution in [2.24, 2.45) is 0 Å². The first-order chi connectivity index (χ1) is 13.9. The van der Waals surface area contributed by atoms with E-state index in [-0.39, 0.29) is 24.4 Å². The second-order valence-corrected chi connectivity index (χ2v) is 7.39. The van der Waals surface area contributed by atoms with Crippen molar-refractivity contribution in [2.45, 2.75) is 13.0 Å². The first-order valence-electron chi connectivity index (χ1n) is 9.21. The molecule has 1 amide bonds. The van der Waals surface area contributed by atoms with Crippen molar-refractivity contribution < 1.29 is 4.79 Å². The Morgan fingerprint density at radius 2 is 2.07 bits per heavy atom. The number of likely N-dealkylation sites (N-methyl/N-ethyl adjacent to an activating group) is 1. The Bertz CT molecular complexity index is 1080. The smallest absolute Gasteiger partial charge is 0.241 e. The maximum Gasteiger partial charge on any atom is 0.241 e. The van der Waals surface area contributed by atoms with Crippen LogP contribution in [0.15, 0.2) is 30.6 Å². The van der Waals surface area contributed by atoms with Crippen molar-refractivity contribution in [3.05, 3.63) is 41.2 Å². The number of pyridine rings is 1. The highest BCUT2D eigenvalue weighted by molar-refractivity contribution is 6.35. The lowest BCUT2D eigenvalue weighted by Crippen LogP contribution is -2.49. The summed E-state index contributed by atoms with van der Waals surface area (Å²) in [4.78, 5) is 32.9. The zero-order valence-electron chi connectivity index (χ0n) is 16.1. The lowest BCUT2D eigenvalue weighted by molar-refractivity contribution is -0.129. The van der Waals surface area contributed by atoms with Gasteiger partial charge < -0.3 is 20.9 Å². The van der Waals surface area contributed by atoms with Gasteiger partial charge in [-0.25, -0.2) is 15.0 Å². The summed E-state index contributed by atoms with van der Waals surface area (Å²) in [5, 5.41) is 4.73. The summed E-state index contributed by atoms with van der Waals surface area (Å²) in [6.07, 6.45) is 1.36. The van der Waals surface area contributed by atoms with Crippen LogP contribution < -0.4 is 16.0 Å². The van der Waals surface area contributed by atoms with E-state index in [1.54, 1.807) is 11.9 Å². The molecule has 0 bridgehead atoms. The average molecular weight is 413 g/mol. The van der Waals surface area contributed by atoms with Gasteiger partial charge in [-0.1, -0.05) is 23.7 Å². The number of nitrogen functional groups attached to an aromatic ring is 1. The fourth-order valence-electron chi connectivity index (χ4n) is 3.33. The average Bonchev–Trinajstić information content (AvgIpc) is 2.69. The summed E-state index contributed by atoms with van der Waals surface area (Å²) >= 11 is 6.39. The van der Waals surface area contributed by atoms with Crippen molar-refractivity contribution in [1.82, 2.24) is 24.8 Å². The summed E-state index contributed by atoms with van der Waals surface area (Å²) in [5.74, 6) is 1.28. The Kier molecular flexibility index (Phi) is 5.06. The molecule has 1 fully saturated rings. The summed E-state index contributed by atoms with van der Waals surface area (Å²) in [5.41, 5.74) is 7.28. The van der Waals surface area contributed by atoms with E-state index in [4.69, 9.17) is 22.3 Å². The first-order valence-corrected chi connectivity index (χ1v) is 9.59. The molecule has 29 heavy (non-hydrogen) atoms. The Morgan fingerprint density at radius 1 is 1.24 bits per heavy atom. The van der Waals surface area contributed by atoms with Gasteiger partial charge in [-0.05, 0) is 19.1 Å². The molecule has 150 valence electrons. The summed E-state index contributed by atoms with van der Waals surface area (Å²) in [6, 6.07) is 7.50. The molecule has 1 aliphatic heterocycles. The number of nitrogens with zero attached hydrogens (tertiary/aromatic N) is 6. The minimum Gasteiger partial charge on any atom is -0.368 e. The molecular formula is C19H21ClN8O. The van der Waals surface area contributed by atoms with E-state index >= 15 is 0 Å². The van der Waals surface area contributed by atoms with Crippen LogP contribution in [0.1, 0.15) is 18.5 Å². The Labute approximate surface area is 172 Å². The Morgan fingerprint density at radius 3 is 2.83 bits per heavy atom. The van der Waals surface area contributed by atoms with E-state index in [1.807, 2.05) is 36.1 Å². The lowest BCUT2D eigenvalue weighted by atomic mass is 10.0. The number of fused-ring (bicyclic) bond motifs is 1. The molecule has 10 heteroatoms. The van der Waals surface area contributed by atoms with Gasteiger partial charge in [0.1, 0.15) is 12.1 Å². The molecule has 9 nitrogen and oxygen atoms in total. The van der Waals surface area contributed by atoms with Crippen LogP contribution in [-0.4, -0.2) is 57.4 Å². The molecule has 0 saturated carbocycles. The largest absolute Gasteiger partial charge is 0.368 e. The maximum absolute atomic E-state index is 12.3. The van der Waals surface area contributed by atoms with Crippen molar-refractivity contribution in [3.8, 4) is 0 Å². The zero-order valence-corrected chi connectivity index (χ0v) is 16.9. The first kappa shape index (κ1) is 19.1. The third kappa shape index (κ3) is 3.86. The van der Waals surface area contributed by atoms with Crippen LogP contribution in [0.3, 0.4) is 0 Å². The van der Waals surface area contributed by atoms with Crippen molar-refractivity contribution in [3.63, 3.8) is 0 Å². The quantitative estimate of drug-likeness (QED) is 0.669. The Hall–Kier alpha value is -3.20. The molecule has 3 heterocycles. The monoisotopic (exact) mass is 412 g/mol. The molecule has 0 aliphatic carbocycles. The number of carbonyl (C=O) groups is 1. The number of hydrogen-bond donors (Lipinski definition) is 2. The number of hydrogen-bond acceptors (Lipinski definition) is 8. The zero-order chi connectivity index (χ0) is 20.5. The van der Waals surface area contributed by atoms with Gasteiger partial charge in [0, 0.05) is 31.1 Å². The highest BCUT2D eigenvalue weighted by atomic mass is 35.5. The number of halogens is 1. The van der Waals surface area contributed by atoms with Gasteiger partial charge in [-0.2, -0.15) is 4.98 Å². The molecular weight excluding hydrogens is 392 g/mol. The minimum absolute atomic E-state index is 0.0501. The van der Waals surface area contributed by atoms with E-state index in [1.165, 1.54) is 6.33 Å². The summed E-state index contributed by atoms with van der Waals surface area (Å²) < 4.78 is 0. The number of benzene rings is 1. The fraction of sp³-hybridized carbons (Fsp3) is 0.316. The maximum atomic E-state index is 12.3. The van der Waals surface area contributed by atoms with E-state index in [9.17, 15) is 4.79 Å². The predicted molar refractivity (Wildman–Crippen MR) is 113 cm³/mol. The van der Waals surface area contributed by atoms with E-state index in [2.05, 4.69) is 20.3 Å². The molecule has 1 aromatic carbocycles. The van der Waals surface area contributed by atoms with Gasteiger partial charge in [0.2, 0.25) is 17.8 Å². The van der Waals surface area contributed by atoms with Gasteiger partial charge in [0.05, 0.1) is 23.1 Å². The standard InChI is InChI=1S/C19H21ClN8O/c1-11(24-19-23-10-22-18(21)26-19)13-8-12-4-3-5-14(20)16(12)25-17(13)28-7-6-27(2)15(29)9-28/h3-5,8,10-11H,6-7,9H2,1-2H3,(H3,21,22,23,24,26)/t11-/m0/s1. The normalized spacial score (nSPS) is 15.6. The molecule has 1 aliphatic rings. The number of piperazine rings is 1. The van der Waals surface area contributed by atoms with Crippen LogP contribution in [0.25, 0.3) is 10.9 Å². The third-order valence-electron chi connectivity index (χ3n) is 4.96. The van der Waals surface area contributed by atoms with Gasteiger partial charge in [0.15, 0.2) is 0 Å². The van der Waals surface area contributed by atoms with E-state index in [0.717, 1.165) is 10.9 Å². The van der Waals surface area contributed by atoms with Crippen LogP contribution in [0, 0.1) is 0 Å². The molecule has 0 unspecified atom stereocenters. The van der Waals surface area contributed by atoms with Crippen LogP contribution in [0.5, 0.6) is 0 Å². The van der Waals surface area contributed by atoms with Gasteiger partial charge in [0.25, 0.3) is 0 Å². The number of rotatable bonds is 4. The van der Waals surface area contributed by atoms with Crippen molar-refractivity contribution in [2.75, 3.05) is 42.6 Å². The van der Waals surface area contributed by atoms with E-state index in [0.29, 0.717) is 35.4 Å². The topological polar surface area (TPSA) is 113 Å². The second-order valence-electron chi connectivity index (χ2n) is 6.98. The van der Waals surface area contributed by atoms with Gasteiger partial charge in [-0.3, -0.25) is 4.79 Å². The minimum atomic E-state index is -0.197. The highest BCUT2D eigenvalue weighted by Gasteiger charge is 2.26. The summed E-state index contributed by atoms with van der Waals surface area (Å²) in [7, 11) is 1.81.